The van der Waals surface area contributed by atoms with Crippen molar-refractivity contribution in [2.24, 2.45) is 0 Å². The molecule has 4 nitrogen and oxygen atoms in total. The molecule has 4 heteroatoms. The van der Waals surface area contributed by atoms with Gasteiger partial charge in [0.2, 0.25) is 0 Å². The highest BCUT2D eigenvalue weighted by Crippen LogP contribution is 2.29. The zero-order chi connectivity index (χ0) is 15.0. The highest BCUT2D eigenvalue weighted by atomic mass is 16.5. The number of hydrogen-bond donors (Lipinski definition) is 0. The summed E-state index contributed by atoms with van der Waals surface area (Å²) in [5.74, 6) is 0. The van der Waals surface area contributed by atoms with Crippen LogP contribution in [0.1, 0.15) is 16.7 Å². The van der Waals surface area contributed by atoms with E-state index in [4.69, 9.17) is 10.5 Å². The maximum atomic E-state index is 12.4. The van der Waals surface area contributed by atoms with Gasteiger partial charge in [0.25, 0.3) is 0 Å². The number of fused-ring (bicyclic) bond motifs is 1. The molecule has 0 atom stereocenters. The Hall–Kier alpha value is -3.24. The fourth-order valence-corrected chi connectivity index (χ4v) is 2.34. The second kappa shape index (κ2) is 4.70. The Morgan fingerprint density at radius 2 is 1.57 bits per heavy atom. The molecule has 0 saturated heterocycles. The summed E-state index contributed by atoms with van der Waals surface area (Å²) in [7, 11) is 0. The molecular formula is C17H10N3O-. The third kappa shape index (κ3) is 2.00. The normalized spacial score (nSPS) is 10.2. The van der Waals surface area contributed by atoms with Crippen LogP contribution in [0.25, 0.3) is 22.2 Å². The van der Waals surface area contributed by atoms with Gasteiger partial charge in [0.05, 0.1) is 11.1 Å². The van der Waals surface area contributed by atoms with Crippen molar-refractivity contribution in [1.29, 1.82) is 10.5 Å². The first-order valence-corrected chi connectivity index (χ1v) is 6.38. The van der Waals surface area contributed by atoms with E-state index in [-0.39, 0.29) is 11.1 Å². The SMILES string of the molecule is Cc1ccc(-c2cc3cc(C#N)c(C#N)cc3n2[O-])cc1. The van der Waals surface area contributed by atoms with Crippen LogP contribution in [0.5, 0.6) is 0 Å². The molecule has 21 heavy (non-hydrogen) atoms. The van der Waals surface area contributed by atoms with Crippen LogP contribution in [0.4, 0.5) is 0 Å². The number of rotatable bonds is 1. The highest BCUT2D eigenvalue weighted by molar-refractivity contribution is 5.89. The van der Waals surface area contributed by atoms with Crippen LogP contribution >= 0.6 is 0 Å². The summed E-state index contributed by atoms with van der Waals surface area (Å²) >= 11 is 0. The molecule has 0 aliphatic heterocycles. The predicted molar refractivity (Wildman–Crippen MR) is 80.3 cm³/mol. The molecule has 0 unspecified atom stereocenters. The minimum Gasteiger partial charge on any atom is -0.805 e. The molecule has 0 N–H and O–H groups in total. The zero-order valence-corrected chi connectivity index (χ0v) is 11.3. The monoisotopic (exact) mass is 272 g/mol. The van der Waals surface area contributed by atoms with Crippen molar-refractivity contribution in [3.63, 3.8) is 0 Å². The maximum absolute atomic E-state index is 12.4. The summed E-state index contributed by atoms with van der Waals surface area (Å²) in [5.41, 5.74) is 3.35. The van der Waals surface area contributed by atoms with Crippen LogP contribution in [-0.4, -0.2) is 4.73 Å². The second-order valence-corrected chi connectivity index (χ2v) is 4.87. The Morgan fingerprint density at radius 3 is 2.19 bits per heavy atom. The molecule has 1 aromatic heterocycles. The van der Waals surface area contributed by atoms with Crippen LogP contribution in [-0.2, 0) is 0 Å². The van der Waals surface area contributed by atoms with E-state index in [2.05, 4.69) is 0 Å². The van der Waals surface area contributed by atoms with Crippen LogP contribution < -0.4 is 0 Å². The van der Waals surface area contributed by atoms with Crippen LogP contribution in [0.3, 0.4) is 0 Å². The van der Waals surface area contributed by atoms with Gasteiger partial charge in [-0.3, -0.25) is 0 Å². The predicted octanol–water partition coefficient (Wildman–Crippen LogP) is 3.71. The van der Waals surface area contributed by atoms with E-state index >= 15 is 0 Å². The third-order valence-corrected chi connectivity index (χ3v) is 3.48. The highest BCUT2D eigenvalue weighted by Gasteiger charge is 2.10. The number of aryl methyl sites for hydroxylation is 1. The lowest BCUT2D eigenvalue weighted by Crippen LogP contribution is -1.91. The molecule has 100 valence electrons. The molecule has 0 radical (unpaired) electrons. The molecule has 0 amide bonds. The van der Waals surface area contributed by atoms with Gasteiger partial charge in [0.1, 0.15) is 12.1 Å². The number of aromatic nitrogens is 1. The summed E-state index contributed by atoms with van der Waals surface area (Å²) < 4.78 is 0.808. The molecule has 0 fully saturated rings. The third-order valence-electron chi connectivity index (χ3n) is 3.48. The van der Waals surface area contributed by atoms with Crippen molar-refractivity contribution in [1.82, 2.24) is 4.73 Å². The molecule has 3 aromatic rings. The van der Waals surface area contributed by atoms with E-state index < -0.39 is 0 Å². The van der Waals surface area contributed by atoms with E-state index in [9.17, 15) is 5.21 Å². The smallest absolute Gasteiger partial charge is 0.101 e. The molecule has 2 aromatic carbocycles. The van der Waals surface area contributed by atoms with Crippen LogP contribution in [0.2, 0.25) is 0 Å². The average Bonchev–Trinajstić information content (AvgIpc) is 2.83. The minimum absolute atomic E-state index is 0.218. The topological polar surface area (TPSA) is 75.6 Å². The molecule has 0 spiro atoms. The van der Waals surface area contributed by atoms with Gasteiger partial charge in [-0.1, -0.05) is 29.8 Å². The van der Waals surface area contributed by atoms with E-state index in [0.717, 1.165) is 15.9 Å². The van der Waals surface area contributed by atoms with Gasteiger partial charge in [-0.05, 0) is 30.7 Å². The van der Waals surface area contributed by atoms with Crippen molar-refractivity contribution in [2.45, 2.75) is 6.92 Å². The van der Waals surface area contributed by atoms with Crippen LogP contribution in [0.15, 0.2) is 42.5 Å². The van der Waals surface area contributed by atoms with Crippen molar-refractivity contribution in [3.05, 3.63) is 64.4 Å². The lowest BCUT2D eigenvalue weighted by molar-refractivity contribution is 1.16. The molecule has 0 aliphatic carbocycles. The number of nitriles is 2. The van der Waals surface area contributed by atoms with E-state index in [1.807, 2.05) is 43.3 Å². The molecule has 0 aliphatic rings. The summed E-state index contributed by atoms with van der Waals surface area (Å²) in [6.07, 6.45) is 0. The van der Waals surface area contributed by atoms with Crippen molar-refractivity contribution in [3.8, 4) is 23.4 Å². The summed E-state index contributed by atoms with van der Waals surface area (Å²) in [6.45, 7) is 1.98. The molecule has 0 saturated carbocycles. The van der Waals surface area contributed by atoms with E-state index in [1.165, 1.54) is 6.07 Å². The lowest BCUT2D eigenvalue weighted by atomic mass is 10.1. The molecular weight excluding hydrogens is 262 g/mol. The maximum Gasteiger partial charge on any atom is 0.101 e. The Kier molecular flexibility index (Phi) is 2.86. The van der Waals surface area contributed by atoms with Gasteiger partial charge in [0, 0.05) is 16.6 Å². The second-order valence-electron chi connectivity index (χ2n) is 4.87. The molecule has 1 heterocycles. The Labute approximate surface area is 121 Å². The standard InChI is InChI=1S/C17H10N3O/c1-11-2-4-12(5-3-11)16-7-13-6-14(9-18)15(10-19)8-17(13)20(16)21/h2-8H,1H3/q-1. The average molecular weight is 272 g/mol. The first kappa shape index (κ1) is 12.8. The van der Waals surface area contributed by atoms with Gasteiger partial charge in [-0.15, -0.1) is 0 Å². The van der Waals surface area contributed by atoms with E-state index in [0.29, 0.717) is 16.6 Å². The zero-order valence-electron chi connectivity index (χ0n) is 11.3. The molecule has 0 bridgehead atoms. The van der Waals surface area contributed by atoms with Gasteiger partial charge < -0.3 is 9.94 Å². The lowest BCUT2D eigenvalue weighted by Gasteiger charge is -2.14. The van der Waals surface area contributed by atoms with Crippen LogP contribution in [0, 0.1) is 34.8 Å². The summed E-state index contributed by atoms with van der Waals surface area (Å²) in [6, 6.07) is 16.4. The van der Waals surface area contributed by atoms with Gasteiger partial charge >= 0.3 is 0 Å². The minimum atomic E-state index is 0.218. The van der Waals surface area contributed by atoms with E-state index in [1.54, 1.807) is 12.1 Å². The van der Waals surface area contributed by atoms with Crippen molar-refractivity contribution in [2.75, 3.05) is 0 Å². The number of hydrogen-bond acceptors (Lipinski definition) is 3. The fraction of sp³-hybridized carbons (Fsp3) is 0.0588. The van der Waals surface area contributed by atoms with Crippen molar-refractivity contribution >= 4 is 10.9 Å². The first-order chi connectivity index (χ1) is 10.1. The Morgan fingerprint density at radius 1 is 0.952 bits per heavy atom. The number of nitrogens with zero attached hydrogens (tertiary/aromatic N) is 3. The largest absolute Gasteiger partial charge is 0.805 e. The fourth-order valence-electron chi connectivity index (χ4n) is 2.34. The van der Waals surface area contributed by atoms with Crippen molar-refractivity contribution < 1.29 is 0 Å². The summed E-state index contributed by atoms with van der Waals surface area (Å²) in [5, 5.41) is 31.2. The Bertz CT molecular complexity index is 922. The van der Waals surface area contributed by atoms with Gasteiger partial charge in [-0.25, -0.2) is 0 Å². The summed E-state index contributed by atoms with van der Waals surface area (Å²) in [4.78, 5) is 0. The quantitative estimate of drug-likeness (QED) is 0.677. The molecule has 3 rings (SSSR count). The Balaban J connectivity index is 2.27. The first-order valence-electron chi connectivity index (χ1n) is 6.38. The van der Waals surface area contributed by atoms with Gasteiger partial charge in [0.15, 0.2) is 0 Å². The van der Waals surface area contributed by atoms with Gasteiger partial charge in [-0.2, -0.15) is 10.5 Å². The number of benzene rings is 2.